The van der Waals surface area contributed by atoms with Gasteiger partial charge in [0.2, 0.25) is 11.7 Å². The minimum absolute atomic E-state index is 0.0337. The minimum atomic E-state index is 0.0337. The van der Waals surface area contributed by atoms with E-state index in [0.29, 0.717) is 22.8 Å². The highest BCUT2D eigenvalue weighted by Crippen LogP contribution is 2.21. The highest BCUT2D eigenvalue weighted by molar-refractivity contribution is 7.99. The Morgan fingerprint density at radius 3 is 2.81 bits per heavy atom. The van der Waals surface area contributed by atoms with Crippen LogP contribution in [-0.2, 0) is 4.79 Å². The van der Waals surface area contributed by atoms with Gasteiger partial charge >= 0.3 is 0 Å². The van der Waals surface area contributed by atoms with E-state index in [9.17, 15) is 4.79 Å². The number of amides is 1. The zero-order chi connectivity index (χ0) is 14.5. The van der Waals surface area contributed by atoms with Gasteiger partial charge in [0.15, 0.2) is 0 Å². The molecule has 1 aliphatic rings. The molecular weight excluding hydrogens is 286 g/mol. The van der Waals surface area contributed by atoms with Gasteiger partial charge in [-0.1, -0.05) is 60.1 Å². The van der Waals surface area contributed by atoms with Gasteiger partial charge in [0, 0.05) is 11.6 Å². The fourth-order valence-corrected chi connectivity index (χ4v) is 3.02. The van der Waals surface area contributed by atoms with Gasteiger partial charge in [-0.3, -0.25) is 4.79 Å². The van der Waals surface area contributed by atoms with Crippen molar-refractivity contribution in [2.75, 3.05) is 5.75 Å². The first-order chi connectivity index (χ1) is 10.3. The molecule has 2 aromatic rings. The van der Waals surface area contributed by atoms with Crippen LogP contribution in [0.3, 0.4) is 0 Å². The maximum absolute atomic E-state index is 11.8. The number of thioether (sulfide) groups is 1. The molecule has 0 bridgehead atoms. The van der Waals surface area contributed by atoms with Gasteiger partial charge in [-0.25, -0.2) is 0 Å². The predicted octanol–water partition coefficient (Wildman–Crippen LogP) is 2.89. The largest absolute Gasteiger partial charge is 0.353 e. The Balaban J connectivity index is 1.51. The van der Waals surface area contributed by atoms with Crippen LogP contribution in [0.4, 0.5) is 0 Å². The van der Waals surface area contributed by atoms with Crippen molar-refractivity contribution < 1.29 is 9.32 Å². The molecule has 1 heterocycles. The first-order valence-corrected chi connectivity index (χ1v) is 8.11. The van der Waals surface area contributed by atoms with Crippen molar-refractivity contribution in [2.45, 2.75) is 36.9 Å². The van der Waals surface area contributed by atoms with Crippen LogP contribution in [0.25, 0.3) is 11.4 Å². The van der Waals surface area contributed by atoms with E-state index in [1.165, 1.54) is 24.6 Å². The molecule has 1 aromatic carbocycles. The van der Waals surface area contributed by atoms with E-state index in [0.717, 1.165) is 18.4 Å². The lowest BCUT2D eigenvalue weighted by molar-refractivity contribution is -0.119. The van der Waals surface area contributed by atoms with Gasteiger partial charge in [0.05, 0.1) is 5.75 Å². The molecule has 110 valence electrons. The maximum atomic E-state index is 11.8. The van der Waals surface area contributed by atoms with E-state index in [4.69, 9.17) is 4.52 Å². The lowest BCUT2D eigenvalue weighted by Crippen LogP contribution is -2.33. The molecule has 0 aliphatic heterocycles. The number of carbonyl (C=O) groups is 1. The molecule has 1 fully saturated rings. The van der Waals surface area contributed by atoms with E-state index in [1.807, 2.05) is 30.3 Å². The highest BCUT2D eigenvalue weighted by atomic mass is 32.2. The lowest BCUT2D eigenvalue weighted by Gasteiger charge is -2.10. The van der Waals surface area contributed by atoms with Crippen LogP contribution >= 0.6 is 11.8 Å². The van der Waals surface area contributed by atoms with Crippen LogP contribution in [0.15, 0.2) is 40.1 Å². The molecule has 3 rings (SSSR count). The Labute approximate surface area is 127 Å². The van der Waals surface area contributed by atoms with Crippen LogP contribution < -0.4 is 5.32 Å². The van der Waals surface area contributed by atoms with Gasteiger partial charge < -0.3 is 9.84 Å². The smallest absolute Gasteiger partial charge is 0.286 e. The summed E-state index contributed by atoms with van der Waals surface area (Å²) in [5.74, 6) is 0.896. The lowest BCUT2D eigenvalue weighted by atomic mass is 10.2. The van der Waals surface area contributed by atoms with Gasteiger partial charge in [-0.2, -0.15) is 4.98 Å². The molecule has 1 N–H and O–H groups in total. The number of benzene rings is 1. The number of hydrogen-bond donors (Lipinski definition) is 1. The van der Waals surface area contributed by atoms with Crippen LogP contribution in [0.1, 0.15) is 25.7 Å². The fourth-order valence-electron chi connectivity index (χ4n) is 2.44. The Bertz CT molecular complexity index is 594. The van der Waals surface area contributed by atoms with Crippen molar-refractivity contribution in [3.05, 3.63) is 30.3 Å². The molecular formula is C15H17N3O2S. The second-order valence-corrected chi connectivity index (χ2v) is 6.01. The predicted molar refractivity (Wildman–Crippen MR) is 80.9 cm³/mol. The first kappa shape index (κ1) is 14.1. The monoisotopic (exact) mass is 303 g/mol. The number of hydrogen-bond acceptors (Lipinski definition) is 5. The van der Waals surface area contributed by atoms with Gasteiger partial charge in [-0.05, 0) is 12.8 Å². The van der Waals surface area contributed by atoms with Crippen molar-refractivity contribution in [1.82, 2.24) is 15.5 Å². The third-order valence-corrected chi connectivity index (χ3v) is 4.31. The van der Waals surface area contributed by atoms with Crippen LogP contribution in [-0.4, -0.2) is 27.8 Å². The summed E-state index contributed by atoms with van der Waals surface area (Å²) >= 11 is 1.28. The Kier molecular flexibility index (Phi) is 4.55. The molecule has 1 amide bonds. The van der Waals surface area contributed by atoms with Gasteiger partial charge in [-0.15, -0.1) is 0 Å². The quantitative estimate of drug-likeness (QED) is 0.860. The van der Waals surface area contributed by atoms with E-state index in [-0.39, 0.29) is 5.91 Å². The van der Waals surface area contributed by atoms with Crippen LogP contribution in [0.5, 0.6) is 0 Å². The zero-order valence-corrected chi connectivity index (χ0v) is 12.4. The van der Waals surface area contributed by atoms with E-state index in [2.05, 4.69) is 15.5 Å². The normalized spacial score (nSPS) is 15.2. The highest BCUT2D eigenvalue weighted by Gasteiger charge is 2.18. The summed E-state index contributed by atoms with van der Waals surface area (Å²) in [4.78, 5) is 16.1. The molecule has 0 radical (unpaired) electrons. The summed E-state index contributed by atoms with van der Waals surface area (Å²) in [6.45, 7) is 0. The number of carbonyl (C=O) groups excluding carboxylic acids is 1. The zero-order valence-electron chi connectivity index (χ0n) is 11.6. The summed E-state index contributed by atoms with van der Waals surface area (Å²) in [5, 5.41) is 7.39. The average molecular weight is 303 g/mol. The summed E-state index contributed by atoms with van der Waals surface area (Å²) in [6, 6.07) is 9.98. The molecule has 0 saturated heterocycles. The third kappa shape index (κ3) is 3.85. The van der Waals surface area contributed by atoms with Crippen molar-refractivity contribution in [3.8, 4) is 11.4 Å². The molecule has 1 aromatic heterocycles. The summed E-state index contributed by atoms with van der Waals surface area (Å²) in [7, 11) is 0. The summed E-state index contributed by atoms with van der Waals surface area (Å²) < 4.78 is 5.16. The number of rotatable bonds is 5. The van der Waals surface area contributed by atoms with E-state index in [1.54, 1.807) is 0 Å². The average Bonchev–Trinajstić information content (AvgIpc) is 3.17. The summed E-state index contributed by atoms with van der Waals surface area (Å²) in [5.41, 5.74) is 0.906. The Morgan fingerprint density at radius 2 is 2.05 bits per heavy atom. The SMILES string of the molecule is O=C(CSc1nc(-c2ccccc2)no1)NC1CCCC1. The number of aromatic nitrogens is 2. The van der Waals surface area contributed by atoms with Gasteiger partial charge in [0.1, 0.15) is 0 Å². The number of nitrogens with zero attached hydrogens (tertiary/aromatic N) is 2. The third-order valence-electron chi connectivity index (χ3n) is 3.49. The fraction of sp³-hybridized carbons (Fsp3) is 0.400. The molecule has 1 saturated carbocycles. The van der Waals surface area contributed by atoms with Crippen molar-refractivity contribution in [1.29, 1.82) is 0 Å². The van der Waals surface area contributed by atoms with Crippen molar-refractivity contribution >= 4 is 17.7 Å². The molecule has 0 atom stereocenters. The van der Waals surface area contributed by atoms with E-state index < -0.39 is 0 Å². The minimum Gasteiger partial charge on any atom is -0.353 e. The molecule has 0 unspecified atom stereocenters. The molecule has 0 spiro atoms. The van der Waals surface area contributed by atoms with Crippen LogP contribution in [0.2, 0.25) is 0 Å². The maximum Gasteiger partial charge on any atom is 0.286 e. The van der Waals surface area contributed by atoms with Gasteiger partial charge in [0.25, 0.3) is 5.22 Å². The number of nitrogens with one attached hydrogen (secondary N) is 1. The van der Waals surface area contributed by atoms with Crippen LogP contribution in [0, 0.1) is 0 Å². The van der Waals surface area contributed by atoms with Crippen molar-refractivity contribution in [2.24, 2.45) is 0 Å². The first-order valence-electron chi connectivity index (χ1n) is 7.12. The van der Waals surface area contributed by atoms with Crippen molar-refractivity contribution in [3.63, 3.8) is 0 Å². The Hall–Kier alpha value is -1.82. The molecule has 1 aliphatic carbocycles. The van der Waals surface area contributed by atoms with E-state index >= 15 is 0 Å². The Morgan fingerprint density at radius 1 is 1.29 bits per heavy atom. The topological polar surface area (TPSA) is 68.0 Å². The summed E-state index contributed by atoms with van der Waals surface area (Å²) in [6.07, 6.45) is 4.61. The molecule has 21 heavy (non-hydrogen) atoms. The molecule has 6 heteroatoms. The molecule has 5 nitrogen and oxygen atoms in total. The standard InChI is InChI=1S/C15H17N3O2S/c19-13(16-12-8-4-5-9-12)10-21-15-17-14(18-20-15)11-6-2-1-3-7-11/h1-3,6-7,12H,4-5,8-10H2,(H,16,19). The second kappa shape index (κ2) is 6.76. The second-order valence-electron chi connectivity index (χ2n) is 5.09.